The van der Waals surface area contributed by atoms with E-state index in [1.54, 1.807) is 4.90 Å². The van der Waals surface area contributed by atoms with Crippen molar-refractivity contribution in [1.29, 1.82) is 0 Å². The zero-order chi connectivity index (χ0) is 16.8. The van der Waals surface area contributed by atoms with E-state index in [9.17, 15) is 22.8 Å². The molecule has 1 unspecified atom stereocenters. The predicted molar refractivity (Wildman–Crippen MR) is 75.5 cm³/mol. The highest BCUT2D eigenvalue weighted by Crippen LogP contribution is 2.56. The second kappa shape index (κ2) is 5.67. The molecule has 1 aliphatic heterocycles. The van der Waals surface area contributed by atoms with Crippen molar-refractivity contribution in [2.45, 2.75) is 51.1 Å². The maximum atomic E-state index is 13.3. The monoisotopic (exact) mass is 333 g/mol. The van der Waals surface area contributed by atoms with Crippen molar-refractivity contribution in [2.75, 3.05) is 13.1 Å². The van der Waals surface area contributed by atoms with Crippen molar-refractivity contribution < 1.29 is 27.9 Å². The van der Waals surface area contributed by atoms with Gasteiger partial charge in [0.25, 0.3) is 0 Å². The van der Waals surface area contributed by atoms with Crippen LogP contribution in [0, 0.1) is 23.2 Å². The molecular formula is C16H22F3NO3. The highest BCUT2D eigenvalue weighted by Gasteiger charge is 2.58. The fourth-order valence-corrected chi connectivity index (χ4v) is 4.69. The lowest BCUT2D eigenvalue weighted by molar-refractivity contribution is -0.238. The lowest BCUT2D eigenvalue weighted by atomic mass is 9.58. The molecule has 1 heterocycles. The summed E-state index contributed by atoms with van der Waals surface area (Å²) in [6.45, 7) is 0.323. The normalized spacial score (nSPS) is 33.5. The Kier molecular flexibility index (Phi) is 4.09. The van der Waals surface area contributed by atoms with Gasteiger partial charge in [-0.3, -0.25) is 9.59 Å². The number of likely N-dealkylation sites (tertiary alicyclic amines) is 1. The molecule has 2 aliphatic carbocycles. The molecule has 1 N–H and O–H groups in total. The van der Waals surface area contributed by atoms with Crippen molar-refractivity contribution in [1.82, 2.24) is 4.90 Å². The van der Waals surface area contributed by atoms with Crippen LogP contribution in [0.25, 0.3) is 0 Å². The molecule has 7 heteroatoms. The van der Waals surface area contributed by atoms with Gasteiger partial charge in [0.2, 0.25) is 5.91 Å². The molecule has 1 spiro atoms. The summed E-state index contributed by atoms with van der Waals surface area (Å²) in [6, 6.07) is 0. The van der Waals surface area contributed by atoms with E-state index in [1.165, 1.54) is 0 Å². The largest absolute Gasteiger partial charge is 0.481 e. The number of piperidine rings is 1. The zero-order valence-electron chi connectivity index (χ0n) is 12.9. The minimum Gasteiger partial charge on any atom is -0.481 e. The molecule has 3 atom stereocenters. The number of carbonyl (C=O) groups is 2. The number of hydrogen-bond donors (Lipinski definition) is 1. The summed E-state index contributed by atoms with van der Waals surface area (Å²) in [5.74, 6) is -3.15. The number of aliphatic carboxylic acids is 1. The van der Waals surface area contributed by atoms with Crippen LogP contribution in [0.15, 0.2) is 0 Å². The van der Waals surface area contributed by atoms with Crippen LogP contribution in [-0.2, 0) is 9.59 Å². The van der Waals surface area contributed by atoms with Crippen molar-refractivity contribution in [3.63, 3.8) is 0 Å². The first kappa shape index (κ1) is 16.6. The van der Waals surface area contributed by atoms with E-state index in [2.05, 4.69) is 0 Å². The van der Waals surface area contributed by atoms with E-state index in [0.29, 0.717) is 32.1 Å². The summed E-state index contributed by atoms with van der Waals surface area (Å²) in [6.07, 6.45) is -1.04. The third-order valence-electron chi connectivity index (χ3n) is 6.12. The third kappa shape index (κ3) is 2.94. The van der Waals surface area contributed by atoms with Crippen LogP contribution in [0.4, 0.5) is 13.2 Å². The summed E-state index contributed by atoms with van der Waals surface area (Å²) >= 11 is 0. The van der Waals surface area contributed by atoms with Gasteiger partial charge in [-0.1, -0.05) is 6.42 Å². The van der Waals surface area contributed by atoms with Gasteiger partial charge in [-0.05, 0) is 43.9 Å². The van der Waals surface area contributed by atoms with Crippen molar-refractivity contribution in [2.24, 2.45) is 23.2 Å². The highest BCUT2D eigenvalue weighted by atomic mass is 19.4. The predicted octanol–water partition coefficient (Wildman–Crippen LogP) is 3.07. The average molecular weight is 333 g/mol. The Balaban J connectivity index is 1.67. The first-order valence-electron chi connectivity index (χ1n) is 8.31. The molecule has 0 bridgehead atoms. The number of rotatable bonds is 2. The molecule has 0 aromatic carbocycles. The Morgan fingerprint density at radius 2 is 1.74 bits per heavy atom. The van der Waals surface area contributed by atoms with E-state index < -0.39 is 29.4 Å². The summed E-state index contributed by atoms with van der Waals surface area (Å²) in [5.41, 5.74) is -0.795. The number of alkyl halides is 3. The molecule has 4 nitrogen and oxygen atoms in total. The fourth-order valence-electron chi connectivity index (χ4n) is 4.69. The Morgan fingerprint density at radius 1 is 1.09 bits per heavy atom. The fraction of sp³-hybridized carbons (Fsp3) is 0.875. The lowest BCUT2D eigenvalue weighted by Crippen LogP contribution is -2.58. The second-order valence-electron chi connectivity index (χ2n) is 7.40. The van der Waals surface area contributed by atoms with Gasteiger partial charge < -0.3 is 10.0 Å². The minimum atomic E-state index is -4.20. The Bertz CT molecular complexity index is 501. The number of carbonyl (C=O) groups excluding carboxylic acids is 1. The molecule has 130 valence electrons. The van der Waals surface area contributed by atoms with Crippen molar-refractivity contribution >= 4 is 11.9 Å². The molecular weight excluding hydrogens is 311 g/mol. The quantitative estimate of drug-likeness (QED) is 0.845. The van der Waals surface area contributed by atoms with E-state index in [4.69, 9.17) is 5.11 Å². The summed E-state index contributed by atoms with van der Waals surface area (Å²) in [7, 11) is 0. The molecule has 0 aromatic heterocycles. The molecule has 23 heavy (non-hydrogen) atoms. The Hall–Kier alpha value is -1.27. The highest BCUT2D eigenvalue weighted by molar-refractivity contribution is 5.81. The molecule has 3 aliphatic rings. The minimum absolute atomic E-state index is 0.0235. The van der Waals surface area contributed by atoms with Crippen LogP contribution in [0.1, 0.15) is 44.9 Å². The lowest BCUT2D eigenvalue weighted by Gasteiger charge is -2.54. The van der Waals surface area contributed by atoms with Gasteiger partial charge in [-0.15, -0.1) is 0 Å². The number of amides is 1. The molecule has 1 saturated heterocycles. The Labute approximate surface area is 133 Å². The van der Waals surface area contributed by atoms with Crippen LogP contribution in [0.3, 0.4) is 0 Å². The topological polar surface area (TPSA) is 57.6 Å². The molecule has 3 rings (SSSR count). The number of halogens is 3. The van der Waals surface area contributed by atoms with E-state index in [0.717, 1.165) is 6.42 Å². The van der Waals surface area contributed by atoms with Crippen molar-refractivity contribution in [3.05, 3.63) is 0 Å². The van der Waals surface area contributed by atoms with Crippen LogP contribution in [0.5, 0.6) is 0 Å². The third-order valence-corrected chi connectivity index (χ3v) is 6.12. The zero-order valence-corrected chi connectivity index (χ0v) is 12.9. The van der Waals surface area contributed by atoms with Crippen LogP contribution in [-0.4, -0.2) is 41.1 Å². The standard InChI is InChI=1S/C16H22F3NO3/c17-16(18,19)12-4-7-20(9-15(12)5-1-6-15)13(21)10-2-3-11(8-10)14(22)23/h10-12H,1-9H2,(H,22,23)/t10-,11+,12?/m0/s1. The van der Waals surface area contributed by atoms with Gasteiger partial charge in [-0.25, -0.2) is 0 Å². The van der Waals surface area contributed by atoms with Gasteiger partial charge >= 0.3 is 12.1 Å². The van der Waals surface area contributed by atoms with Gasteiger partial charge in [0.05, 0.1) is 11.8 Å². The smallest absolute Gasteiger partial charge is 0.392 e. The second-order valence-corrected chi connectivity index (χ2v) is 7.40. The number of nitrogens with zero attached hydrogens (tertiary/aromatic N) is 1. The maximum Gasteiger partial charge on any atom is 0.392 e. The van der Waals surface area contributed by atoms with Crippen molar-refractivity contribution in [3.8, 4) is 0 Å². The average Bonchev–Trinajstić information content (AvgIpc) is 2.93. The van der Waals surface area contributed by atoms with E-state index in [-0.39, 0.29) is 31.3 Å². The van der Waals surface area contributed by atoms with E-state index in [1.807, 2.05) is 0 Å². The summed E-state index contributed by atoms with van der Waals surface area (Å²) in [5, 5.41) is 9.03. The SMILES string of the molecule is O=C(O)[C@@H]1CC[C@H](C(=O)N2CCC(C(F)(F)F)C3(CCC3)C2)C1. The number of carboxylic acids is 1. The summed E-state index contributed by atoms with van der Waals surface area (Å²) < 4.78 is 39.8. The first-order chi connectivity index (χ1) is 10.7. The first-order valence-corrected chi connectivity index (χ1v) is 8.31. The summed E-state index contributed by atoms with van der Waals surface area (Å²) in [4.78, 5) is 25.2. The maximum absolute atomic E-state index is 13.3. The number of carboxylic acid groups (broad SMARTS) is 1. The molecule has 0 radical (unpaired) electrons. The Morgan fingerprint density at radius 3 is 2.22 bits per heavy atom. The van der Waals surface area contributed by atoms with Gasteiger partial charge in [0, 0.05) is 19.0 Å². The van der Waals surface area contributed by atoms with E-state index >= 15 is 0 Å². The molecule has 3 fully saturated rings. The van der Waals surface area contributed by atoms with Gasteiger partial charge in [0.15, 0.2) is 0 Å². The van der Waals surface area contributed by atoms with Gasteiger partial charge in [0.1, 0.15) is 0 Å². The molecule has 2 saturated carbocycles. The molecule has 0 aromatic rings. The van der Waals surface area contributed by atoms with Crippen LogP contribution >= 0.6 is 0 Å². The molecule has 1 amide bonds. The van der Waals surface area contributed by atoms with Crippen LogP contribution in [0.2, 0.25) is 0 Å². The van der Waals surface area contributed by atoms with Gasteiger partial charge in [-0.2, -0.15) is 13.2 Å². The number of hydrogen-bond acceptors (Lipinski definition) is 2. The van der Waals surface area contributed by atoms with Crippen LogP contribution < -0.4 is 0 Å².